The van der Waals surface area contributed by atoms with Crippen LogP contribution in [0.3, 0.4) is 0 Å². The Bertz CT molecular complexity index is 428. The van der Waals surface area contributed by atoms with Gasteiger partial charge in [-0.3, -0.25) is 4.79 Å². The van der Waals surface area contributed by atoms with E-state index >= 15 is 0 Å². The van der Waals surface area contributed by atoms with Gasteiger partial charge in [0.15, 0.2) is 0 Å². The van der Waals surface area contributed by atoms with Crippen molar-refractivity contribution in [2.24, 2.45) is 0 Å². The van der Waals surface area contributed by atoms with Gasteiger partial charge in [0.2, 0.25) is 5.92 Å². The second-order valence-electron chi connectivity index (χ2n) is 7.39. The van der Waals surface area contributed by atoms with E-state index in [1.165, 1.54) is 0 Å². The van der Waals surface area contributed by atoms with Gasteiger partial charge in [0.1, 0.15) is 11.4 Å². The molecule has 1 rings (SSSR count). The minimum absolute atomic E-state index is 0.121. The first-order valence-corrected chi connectivity index (χ1v) is 9.61. The number of amides is 1. The van der Waals surface area contributed by atoms with Crippen LogP contribution < -0.4 is 0 Å². The van der Waals surface area contributed by atoms with Crippen molar-refractivity contribution in [1.29, 1.82) is 0 Å². The summed E-state index contributed by atoms with van der Waals surface area (Å²) in [6.07, 6.45) is 1.51. The van der Waals surface area contributed by atoms with Crippen molar-refractivity contribution in [3.05, 3.63) is 0 Å². The number of Topliss-reactive ketones (excluding diaryl/α,β-unsaturated/α-hetero) is 1. The van der Waals surface area contributed by atoms with E-state index in [0.717, 1.165) is 0 Å². The molecule has 7 heteroatoms. The van der Waals surface area contributed by atoms with Crippen LogP contribution in [0, 0.1) is 0 Å². The number of ketones is 1. The minimum Gasteiger partial charge on any atom is -0.444 e. The molecule has 0 bridgehead atoms. The van der Waals surface area contributed by atoms with Gasteiger partial charge in [-0.15, -0.1) is 0 Å². The Kier molecular flexibility index (Phi) is 8.09. The summed E-state index contributed by atoms with van der Waals surface area (Å²) in [4.78, 5) is 25.3. The number of unbranched alkanes of at least 4 members (excludes halogenated alkanes) is 1. The molecule has 1 saturated carbocycles. The summed E-state index contributed by atoms with van der Waals surface area (Å²) in [5.74, 6) is -2.51. The lowest BCUT2D eigenvalue weighted by molar-refractivity contribution is -0.116. The third-order valence-electron chi connectivity index (χ3n) is 4.01. The van der Waals surface area contributed by atoms with Gasteiger partial charge in [-0.2, -0.15) is 0 Å². The van der Waals surface area contributed by atoms with E-state index in [2.05, 4.69) is 15.9 Å². The average molecular weight is 412 g/mol. The Morgan fingerprint density at radius 3 is 2.29 bits per heavy atom. The third-order valence-corrected chi connectivity index (χ3v) is 4.63. The monoisotopic (exact) mass is 411 g/mol. The fraction of sp³-hybridized carbons (Fsp3) is 0.882. The zero-order valence-electron chi connectivity index (χ0n) is 14.7. The molecule has 140 valence electrons. The highest BCUT2D eigenvalue weighted by atomic mass is 79.9. The first kappa shape index (κ1) is 21.3. The molecular weight excluding hydrogens is 384 g/mol. The molecule has 24 heavy (non-hydrogen) atoms. The van der Waals surface area contributed by atoms with Crippen LogP contribution in [-0.4, -0.2) is 46.2 Å². The molecule has 0 radical (unpaired) electrons. The number of nitrogens with zero attached hydrogens (tertiary/aromatic N) is 1. The summed E-state index contributed by atoms with van der Waals surface area (Å²) in [6.45, 7) is 5.78. The maximum absolute atomic E-state index is 13.4. The standard InChI is InChI=1S/C17H28BrF2NO3/c1-16(2,3)24-15(23)21(11-5-4-6-14(22)12-18)13-7-9-17(19,20)10-8-13/h13H,4-12H2,1-3H3. The SMILES string of the molecule is CC(C)(C)OC(=O)N(CCCCC(=O)CBr)C1CCC(F)(F)CC1. The van der Waals surface area contributed by atoms with Gasteiger partial charge in [-0.1, -0.05) is 15.9 Å². The van der Waals surface area contributed by atoms with Crippen molar-refractivity contribution in [3.63, 3.8) is 0 Å². The van der Waals surface area contributed by atoms with Gasteiger partial charge in [0.25, 0.3) is 0 Å². The third kappa shape index (κ3) is 7.90. The van der Waals surface area contributed by atoms with Gasteiger partial charge in [0, 0.05) is 31.8 Å². The minimum atomic E-state index is -2.63. The van der Waals surface area contributed by atoms with Crippen LogP contribution in [0.15, 0.2) is 0 Å². The topological polar surface area (TPSA) is 46.6 Å². The van der Waals surface area contributed by atoms with Crippen LogP contribution in [0.2, 0.25) is 0 Å². The molecule has 0 aliphatic heterocycles. The molecular formula is C17H28BrF2NO3. The summed E-state index contributed by atoms with van der Waals surface area (Å²) >= 11 is 3.12. The van der Waals surface area contributed by atoms with Crippen LogP contribution in [0.1, 0.15) is 65.7 Å². The zero-order chi connectivity index (χ0) is 18.4. The van der Waals surface area contributed by atoms with Crippen molar-refractivity contribution in [3.8, 4) is 0 Å². The fourth-order valence-corrected chi connectivity index (χ4v) is 3.03. The Labute approximate surface area is 151 Å². The van der Waals surface area contributed by atoms with Crippen molar-refractivity contribution in [2.45, 2.75) is 83.3 Å². The number of hydrogen-bond acceptors (Lipinski definition) is 3. The van der Waals surface area contributed by atoms with Crippen molar-refractivity contribution in [2.75, 3.05) is 11.9 Å². The highest BCUT2D eigenvalue weighted by Gasteiger charge is 2.39. The van der Waals surface area contributed by atoms with Crippen molar-refractivity contribution >= 4 is 27.8 Å². The first-order chi connectivity index (χ1) is 11.0. The molecule has 0 N–H and O–H groups in total. The Morgan fingerprint density at radius 2 is 1.79 bits per heavy atom. The Morgan fingerprint density at radius 1 is 1.21 bits per heavy atom. The van der Waals surface area contributed by atoms with Gasteiger partial charge in [0.05, 0.1) is 5.33 Å². The van der Waals surface area contributed by atoms with Crippen LogP contribution >= 0.6 is 15.9 Å². The maximum Gasteiger partial charge on any atom is 0.410 e. The molecule has 0 aromatic rings. The Balaban J connectivity index is 2.62. The number of rotatable bonds is 7. The second kappa shape index (κ2) is 9.11. The van der Waals surface area contributed by atoms with E-state index in [4.69, 9.17) is 4.74 Å². The lowest BCUT2D eigenvalue weighted by Crippen LogP contribution is -2.46. The summed E-state index contributed by atoms with van der Waals surface area (Å²) in [5.41, 5.74) is -0.625. The molecule has 4 nitrogen and oxygen atoms in total. The number of ether oxygens (including phenoxy) is 1. The van der Waals surface area contributed by atoms with Gasteiger partial charge >= 0.3 is 6.09 Å². The molecule has 0 aromatic heterocycles. The molecule has 0 saturated heterocycles. The molecule has 1 fully saturated rings. The highest BCUT2D eigenvalue weighted by molar-refractivity contribution is 9.09. The molecule has 0 heterocycles. The molecule has 0 unspecified atom stereocenters. The summed E-state index contributed by atoms with van der Waals surface area (Å²) in [7, 11) is 0. The molecule has 0 aromatic carbocycles. The van der Waals surface area contributed by atoms with Crippen molar-refractivity contribution < 1.29 is 23.1 Å². The molecule has 1 aliphatic rings. The van der Waals surface area contributed by atoms with Crippen LogP contribution in [0.25, 0.3) is 0 Å². The maximum atomic E-state index is 13.4. The van der Waals surface area contributed by atoms with Crippen LogP contribution in [0.5, 0.6) is 0 Å². The van der Waals surface area contributed by atoms with E-state index in [0.29, 0.717) is 31.1 Å². The molecule has 0 spiro atoms. The predicted octanol–water partition coefficient (Wildman–Crippen LogP) is 4.94. The number of hydrogen-bond donors (Lipinski definition) is 0. The zero-order valence-corrected chi connectivity index (χ0v) is 16.3. The number of alkyl halides is 3. The first-order valence-electron chi connectivity index (χ1n) is 8.49. The largest absolute Gasteiger partial charge is 0.444 e. The lowest BCUT2D eigenvalue weighted by atomic mass is 9.91. The molecule has 0 atom stereocenters. The smallest absolute Gasteiger partial charge is 0.410 e. The second-order valence-corrected chi connectivity index (χ2v) is 7.95. The van der Waals surface area contributed by atoms with E-state index in [1.54, 1.807) is 25.7 Å². The van der Waals surface area contributed by atoms with Crippen molar-refractivity contribution in [1.82, 2.24) is 4.90 Å². The quantitative estimate of drug-likeness (QED) is 0.440. The van der Waals surface area contributed by atoms with E-state index in [-0.39, 0.29) is 37.5 Å². The molecule has 1 amide bonds. The molecule has 1 aliphatic carbocycles. The van der Waals surface area contributed by atoms with E-state index < -0.39 is 17.6 Å². The van der Waals surface area contributed by atoms with E-state index in [9.17, 15) is 18.4 Å². The predicted molar refractivity (Wildman–Crippen MR) is 92.8 cm³/mol. The fourth-order valence-electron chi connectivity index (χ4n) is 2.75. The summed E-state index contributed by atoms with van der Waals surface area (Å²) in [5, 5.41) is 0.334. The number of halogens is 3. The normalized spacial score (nSPS) is 18.2. The number of carbonyl (C=O) groups is 2. The van der Waals surface area contributed by atoms with Gasteiger partial charge in [-0.25, -0.2) is 13.6 Å². The Hall–Kier alpha value is -0.720. The van der Waals surface area contributed by atoms with Crippen LogP contribution in [0.4, 0.5) is 13.6 Å². The van der Waals surface area contributed by atoms with E-state index in [1.807, 2.05) is 0 Å². The summed E-state index contributed by atoms with van der Waals surface area (Å²) in [6, 6.07) is -0.216. The van der Waals surface area contributed by atoms with Gasteiger partial charge in [-0.05, 0) is 46.5 Å². The summed E-state index contributed by atoms with van der Waals surface area (Å²) < 4.78 is 32.2. The average Bonchev–Trinajstić information content (AvgIpc) is 2.46. The van der Waals surface area contributed by atoms with Gasteiger partial charge < -0.3 is 9.64 Å². The van der Waals surface area contributed by atoms with Crippen LogP contribution in [-0.2, 0) is 9.53 Å². The number of carbonyl (C=O) groups excluding carboxylic acids is 2. The lowest BCUT2D eigenvalue weighted by Gasteiger charge is -2.37. The highest BCUT2D eigenvalue weighted by Crippen LogP contribution is 2.35.